The van der Waals surface area contributed by atoms with E-state index in [0.29, 0.717) is 48.4 Å². The smallest absolute Gasteiger partial charge is 0.357 e. The number of likely N-dealkylation sites (tertiary alicyclic amines) is 1. The number of ether oxygens (including phenoxy) is 3. The summed E-state index contributed by atoms with van der Waals surface area (Å²) < 4.78 is 16.8. The Kier molecular flexibility index (Phi) is 7.61. The molecule has 2 fully saturated rings. The van der Waals surface area contributed by atoms with Crippen LogP contribution in [0.25, 0.3) is 0 Å². The monoisotopic (exact) mass is 538 g/mol. The summed E-state index contributed by atoms with van der Waals surface area (Å²) in [6, 6.07) is 14.5. The van der Waals surface area contributed by atoms with Crippen molar-refractivity contribution in [2.45, 2.75) is 24.9 Å². The first-order valence-electron chi connectivity index (χ1n) is 12.1. The van der Waals surface area contributed by atoms with Crippen LogP contribution in [-0.4, -0.2) is 76.0 Å². The molecule has 0 bridgehead atoms. The molecule has 2 saturated heterocycles. The van der Waals surface area contributed by atoms with E-state index >= 15 is 0 Å². The SMILES string of the molecule is CC(=C(C(=O)OCc1ccc([N+](=O)[O-])cc1)N1C(=O)C2N=C(COc3ccccc3)SC21)N1CCOCC1. The van der Waals surface area contributed by atoms with Gasteiger partial charge in [-0.05, 0) is 36.8 Å². The van der Waals surface area contributed by atoms with E-state index in [1.165, 1.54) is 40.9 Å². The number of β-lactam (4-membered cyclic amide) rings is 1. The lowest BCUT2D eigenvalue weighted by atomic mass is 10.1. The molecule has 0 radical (unpaired) electrons. The van der Waals surface area contributed by atoms with Crippen LogP contribution in [0.2, 0.25) is 0 Å². The van der Waals surface area contributed by atoms with Crippen molar-refractivity contribution < 1.29 is 28.7 Å². The lowest BCUT2D eigenvalue weighted by Crippen LogP contribution is -2.61. The fourth-order valence-corrected chi connectivity index (χ4v) is 5.58. The molecule has 0 aliphatic carbocycles. The van der Waals surface area contributed by atoms with E-state index < -0.39 is 16.9 Å². The summed E-state index contributed by atoms with van der Waals surface area (Å²) in [6.07, 6.45) is 0. The fourth-order valence-electron chi connectivity index (χ4n) is 4.38. The van der Waals surface area contributed by atoms with Crippen LogP contribution in [0.3, 0.4) is 0 Å². The molecule has 198 valence electrons. The second-order valence-corrected chi connectivity index (χ2v) is 10.0. The number of rotatable bonds is 9. The van der Waals surface area contributed by atoms with Crippen LogP contribution in [0, 0.1) is 10.1 Å². The molecule has 3 heterocycles. The van der Waals surface area contributed by atoms with E-state index in [1.807, 2.05) is 35.2 Å². The van der Waals surface area contributed by atoms with Crippen molar-refractivity contribution in [2.24, 2.45) is 4.99 Å². The van der Waals surface area contributed by atoms with Crippen LogP contribution in [0.4, 0.5) is 5.69 Å². The topological polar surface area (TPSA) is 124 Å². The first-order chi connectivity index (χ1) is 18.4. The number of allylic oxidation sites excluding steroid dienone is 1. The van der Waals surface area contributed by atoms with Crippen molar-refractivity contribution in [3.05, 3.63) is 81.7 Å². The van der Waals surface area contributed by atoms with Crippen molar-refractivity contribution in [3.8, 4) is 5.75 Å². The van der Waals surface area contributed by atoms with Gasteiger partial charge in [-0.25, -0.2) is 4.79 Å². The third-order valence-electron chi connectivity index (χ3n) is 6.44. The number of benzene rings is 2. The minimum Gasteiger partial charge on any atom is -0.487 e. The number of hydrogen-bond acceptors (Lipinski definition) is 10. The number of para-hydroxylation sites is 1. The standard InChI is InChI=1S/C26H26N4O7S/c1-17(28-11-13-35-14-12-28)23(26(32)37-15-18-7-9-19(10-8-18)30(33)34)29-24(31)22-25(29)38-21(27-22)16-36-20-5-3-2-4-6-20/h2-10,22,25H,11-16H2,1H3. The molecule has 1 amide bonds. The predicted octanol–water partition coefficient (Wildman–Crippen LogP) is 2.96. The van der Waals surface area contributed by atoms with E-state index in [1.54, 1.807) is 6.92 Å². The zero-order chi connectivity index (χ0) is 26.6. The average Bonchev–Trinajstić information content (AvgIpc) is 3.33. The average molecular weight is 539 g/mol. The molecule has 0 aromatic heterocycles. The molecule has 38 heavy (non-hydrogen) atoms. The number of morpholine rings is 1. The molecule has 2 unspecified atom stereocenters. The number of thioether (sulfide) groups is 1. The highest BCUT2D eigenvalue weighted by molar-refractivity contribution is 8.15. The molecule has 3 aliphatic heterocycles. The van der Waals surface area contributed by atoms with Crippen LogP contribution in [-0.2, 0) is 25.7 Å². The largest absolute Gasteiger partial charge is 0.487 e. The number of carbonyl (C=O) groups is 2. The summed E-state index contributed by atoms with van der Waals surface area (Å²) >= 11 is 1.40. The highest BCUT2D eigenvalue weighted by atomic mass is 32.2. The molecule has 0 spiro atoms. The van der Waals surface area contributed by atoms with Gasteiger partial charge in [0.05, 0.1) is 18.1 Å². The molecule has 11 nitrogen and oxygen atoms in total. The van der Waals surface area contributed by atoms with Crippen LogP contribution in [0.5, 0.6) is 5.75 Å². The van der Waals surface area contributed by atoms with E-state index in [4.69, 9.17) is 14.2 Å². The van der Waals surface area contributed by atoms with Crippen LogP contribution in [0.1, 0.15) is 12.5 Å². The Balaban J connectivity index is 1.31. The minimum absolute atomic E-state index is 0.0497. The summed E-state index contributed by atoms with van der Waals surface area (Å²) in [5.41, 5.74) is 1.35. The number of nitro groups is 1. The maximum absolute atomic E-state index is 13.4. The molecule has 2 aromatic carbocycles. The van der Waals surface area contributed by atoms with Crippen molar-refractivity contribution >= 4 is 34.4 Å². The van der Waals surface area contributed by atoms with Gasteiger partial charge in [-0.2, -0.15) is 0 Å². The van der Waals surface area contributed by atoms with E-state index in [-0.39, 0.29) is 35.9 Å². The molecule has 5 rings (SSSR count). The first-order valence-corrected chi connectivity index (χ1v) is 13.0. The van der Waals surface area contributed by atoms with Crippen molar-refractivity contribution in [1.29, 1.82) is 0 Å². The number of fused-ring (bicyclic) bond motifs is 1. The number of esters is 1. The molecule has 2 aromatic rings. The summed E-state index contributed by atoms with van der Waals surface area (Å²) in [6.45, 7) is 4.14. The Morgan fingerprint density at radius 3 is 2.53 bits per heavy atom. The third kappa shape index (κ3) is 5.36. The van der Waals surface area contributed by atoms with Gasteiger partial charge in [0.15, 0.2) is 6.04 Å². The second-order valence-electron chi connectivity index (χ2n) is 8.82. The zero-order valence-corrected chi connectivity index (χ0v) is 21.5. The molecule has 12 heteroatoms. The van der Waals surface area contributed by atoms with Crippen LogP contribution in [0.15, 0.2) is 71.0 Å². The van der Waals surface area contributed by atoms with Crippen molar-refractivity contribution in [3.63, 3.8) is 0 Å². The van der Waals surface area contributed by atoms with Crippen molar-refractivity contribution in [1.82, 2.24) is 9.80 Å². The molecule has 0 N–H and O–H groups in total. The molecule has 0 saturated carbocycles. The van der Waals surface area contributed by atoms with Gasteiger partial charge < -0.3 is 19.1 Å². The zero-order valence-electron chi connectivity index (χ0n) is 20.6. The fraction of sp³-hybridized carbons (Fsp3) is 0.346. The summed E-state index contributed by atoms with van der Waals surface area (Å²) in [5, 5.41) is 11.2. The normalized spacial score (nSPS) is 21.2. The quantitative estimate of drug-likeness (QED) is 0.156. The summed E-state index contributed by atoms with van der Waals surface area (Å²) in [5.74, 6) is -0.211. The predicted molar refractivity (Wildman–Crippen MR) is 139 cm³/mol. The van der Waals surface area contributed by atoms with Crippen LogP contribution < -0.4 is 4.74 Å². The number of nitrogens with zero attached hydrogens (tertiary/aromatic N) is 4. The summed E-state index contributed by atoms with van der Waals surface area (Å²) in [7, 11) is 0. The highest BCUT2D eigenvalue weighted by Crippen LogP contribution is 2.42. The Morgan fingerprint density at radius 1 is 1.13 bits per heavy atom. The molecular weight excluding hydrogens is 512 g/mol. The number of aliphatic imine (C=N–C) groups is 1. The maximum atomic E-state index is 13.4. The van der Waals surface area contributed by atoms with Crippen molar-refractivity contribution in [2.75, 3.05) is 32.9 Å². The highest BCUT2D eigenvalue weighted by Gasteiger charge is 2.55. The molecule has 2 atom stereocenters. The second kappa shape index (κ2) is 11.2. The third-order valence-corrected chi connectivity index (χ3v) is 7.65. The molecular formula is C26H26N4O7S. The number of carbonyl (C=O) groups excluding carboxylic acids is 2. The van der Waals surface area contributed by atoms with Gasteiger partial charge in [0.25, 0.3) is 11.6 Å². The number of non-ortho nitro benzene ring substituents is 1. The molecule has 3 aliphatic rings. The van der Waals surface area contributed by atoms with E-state index in [0.717, 1.165) is 0 Å². The van der Waals surface area contributed by atoms with Gasteiger partial charge in [0, 0.05) is 30.9 Å². The number of nitro benzene ring substituents is 1. The van der Waals surface area contributed by atoms with Gasteiger partial charge >= 0.3 is 5.97 Å². The van der Waals surface area contributed by atoms with Gasteiger partial charge in [-0.1, -0.05) is 30.0 Å². The maximum Gasteiger partial charge on any atom is 0.357 e. The van der Waals surface area contributed by atoms with E-state index in [2.05, 4.69) is 4.99 Å². The Hall–Kier alpha value is -3.90. The van der Waals surface area contributed by atoms with Gasteiger partial charge in [-0.3, -0.25) is 24.8 Å². The Morgan fingerprint density at radius 2 is 1.84 bits per heavy atom. The lowest BCUT2D eigenvalue weighted by molar-refractivity contribution is -0.384. The minimum atomic E-state index is -0.645. The Labute approximate surface area is 223 Å². The van der Waals surface area contributed by atoms with E-state index in [9.17, 15) is 19.7 Å². The number of hydrogen-bond donors (Lipinski definition) is 0. The van der Waals surface area contributed by atoms with Gasteiger partial charge in [0.1, 0.15) is 35.1 Å². The summed E-state index contributed by atoms with van der Waals surface area (Å²) in [4.78, 5) is 45.0. The Bertz CT molecular complexity index is 1280. The van der Waals surface area contributed by atoms with Crippen LogP contribution >= 0.6 is 11.8 Å². The van der Waals surface area contributed by atoms with Gasteiger partial charge in [-0.15, -0.1) is 0 Å². The number of amides is 1. The lowest BCUT2D eigenvalue weighted by Gasteiger charge is -2.43. The van der Waals surface area contributed by atoms with Gasteiger partial charge in [0.2, 0.25) is 0 Å². The first kappa shape index (κ1) is 25.7.